The lowest BCUT2D eigenvalue weighted by atomic mass is 10.9. The van der Waals surface area contributed by atoms with E-state index in [2.05, 4.69) is 41.5 Å². The summed E-state index contributed by atoms with van der Waals surface area (Å²) in [6.45, 7) is 14.9. The Morgan fingerprint density at radius 3 is 0.875 bits per heavy atom. The van der Waals surface area contributed by atoms with E-state index in [4.69, 9.17) is 7.58 Å². The SMILES string of the molecule is CC[O][Al]([CH2]C)[CH2]C.CC[O][Al]([CH2]C)[CH2]C. The Kier molecular flexibility index (Phi) is 19.3. The molecule has 0 radical (unpaired) electrons. The molecule has 0 rings (SSSR count). The van der Waals surface area contributed by atoms with E-state index in [0.717, 1.165) is 13.2 Å². The Morgan fingerprint density at radius 2 is 0.812 bits per heavy atom. The van der Waals surface area contributed by atoms with Crippen LogP contribution in [0.15, 0.2) is 0 Å². The molecule has 0 heterocycles. The largest absolute Gasteiger partial charge is 0.501 e. The summed E-state index contributed by atoms with van der Waals surface area (Å²) in [5.74, 6) is 0. The van der Waals surface area contributed by atoms with Crippen LogP contribution in [0.4, 0.5) is 0 Å². The highest BCUT2D eigenvalue weighted by Gasteiger charge is 2.12. The zero-order valence-corrected chi connectivity index (χ0v) is 14.5. The summed E-state index contributed by atoms with van der Waals surface area (Å²) in [4.78, 5) is 0. The molecular formula is C12H30Al2O2. The van der Waals surface area contributed by atoms with E-state index < -0.39 is 29.0 Å². The number of rotatable bonds is 8. The predicted octanol–water partition coefficient (Wildman–Crippen LogP) is 4.11. The molecule has 0 aromatic carbocycles. The molecule has 0 aromatic rings. The Morgan fingerprint density at radius 1 is 0.562 bits per heavy atom. The molecule has 0 aliphatic heterocycles. The first kappa shape index (κ1) is 19.3. The molecule has 0 aliphatic rings. The molecular weight excluding hydrogens is 230 g/mol. The van der Waals surface area contributed by atoms with Crippen LogP contribution in [0.1, 0.15) is 41.5 Å². The first-order valence-electron chi connectivity index (χ1n) is 6.92. The summed E-state index contributed by atoms with van der Waals surface area (Å²) in [5.41, 5.74) is 0. The van der Waals surface area contributed by atoms with Gasteiger partial charge in [0.1, 0.15) is 0 Å². The smallest absolute Gasteiger partial charge is 0.460 e. The van der Waals surface area contributed by atoms with Gasteiger partial charge in [-0.2, -0.15) is 0 Å². The monoisotopic (exact) mass is 260 g/mol. The van der Waals surface area contributed by atoms with Gasteiger partial charge in [-0.15, -0.1) is 0 Å². The second kappa shape index (κ2) is 16.0. The third-order valence-electron chi connectivity index (χ3n) is 2.63. The van der Waals surface area contributed by atoms with Gasteiger partial charge < -0.3 is 7.58 Å². The minimum absolute atomic E-state index is 0.692. The van der Waals surface area contributed by atoms with E-state index in [1.54, 1.807) is 0 Å². The third kappa shape index (κ3) is 13.1. The van der Waals surface area contributed by atoms with Crippen molar-refractivity contribution in [2.24, 2.45) is 0 Å². The first-order valence-corrected chi connectivity index (χ1v) is 11.1. The molecule has 96 valence electrons. The van der Waals surface area contributed by atoms with Gasteiger partial charge in [-0.3, -0.25) is 0 Å². The Bertz CT molecular complexity index is 102. The van der Waals surface area contributed by atoms with Crippen LogP contribution in [0, 0.1) is 0 Å². The van der Waals surface area contributed by atoms with E-state index in [-0.39, 0.29) is 0 Å². The summed E-state index contributed by atoms with van der Waals surface area (Å²) in [5, 5.41) is 5.13. The second-order valence-corrected chi connectivity index (χ2v) is 10.2. The maximum atomic E-state index is 5.48. The van der Waals surface area contributed by atoms with Crippen LogP contribution in [-0.4, -0.2) is 42.2 Å². The highest BCUT2D eigenvalue weighted by molar-refractivity contribution is 6.51. The van der Waals surface area contributed by atoms with Gasteiger partial charge >= 0.3 is 29.0 Å². The van der Waals surface area contributed by atoms with Crippen molar-refractivity contribution in [2.45, 2.75) is 62.7 Å². The summed E-state index contributed by atoms with van der Waals surface area (Å²) >= 11 is -1.38. The highest BCUT2D eigenvalue weighted by Crippen LogP contribution is 1.98. The molecule has 0 aliphatic carbocycles. The minimum Gasteiger partial charge on any atom is -0.501 e. The molecule has 0 bridgehead atoms. The lowest BCUT2D eigenvalue weighted by molar-refractivity contribution is 0.342. The van der Waals surface area contributed by atoms with Crippen molar-refractivity contribution in [3.05, 3.63) is 0 Å². The van der Waals surface area contributed by atoms with E-state index in [1.165, 1.54) is 21.1 Å². The molecule has 0 saturated heterocycles. The van der Waals surface area contributed by atoms with Crippen LogP contribution < -0.4 is 0 Å². The Hall–Kier alpha value is 0.985. The Balaban J connectivity index is 0. The normalized spacial score (nSPS) is 9.38. The summed E-state index contributed by atoms with van der Waals surface area (Å²) < 4.78 is 11.0. The van der Waals surface area contributed by atoms with E-state index in [0.29, 0.717) is 0 Å². The number of hydrogen-bond acceptors (Lipinski definition) is 2. The molecule has 0 saturated carbocycles. The predicted molar refractivity (Wildman–Crippen MR) is 76.7 cm³/mol. The molecule has 0 amide bonds. The van der Waals surface area contributed by atoms with Crippen LogP contribution in [-0.2, 0) is 7.58 Å². The van der Waals surface area contributed by atoms with Crippen molar-refractivity contribution >= 4 is 29.0 Å². The molecule has 4 heteroatoms. The average molecular weight is 260 g/mol. The van der Waals surface area contributed by atoms with Gasteiger partial charge in [0.2, 0.25) is 0 Å². The molecule has 0 unspecified atom stereocenters. The second-order valence-electron chi connectivity index (χ2n) is 3.79. The van der Waals surface area contributed by atoms with Crippen molar-refractivity contribution in [2.75, 3.05) is 13.2 Å². The summed E-state index contributed by atoms with van der Waals surface area (Å²) in [6, 6.07) is 0. The quantitative estimate of drug-likeness (QED) is 0.611. The van der Waals surface area contributed by atoms with Crippen LogP contribution in [0.5, 0.6) is 0 Å². The highest BCUT2D eigenvalue weighted by atomic mass is 27.2. The van der Waals surface area contributed by atoms with Crippen LogP contribution in [0.25, 0.3) is 0 Å². The van der Waals surface area contributed by atoms with E-state index >= 15 is 0 Å². The maximum absolute atomic E-state index is 5.48. The zero-order valence-electron chi connectivity index (χ0n) is 12.2. The van der Waals surface area contributed by atoms with Crippen LogP contribution >= 0.6 is 0 Å². The summed E-state index contributed by atoms with van der Waals surface area (Å²) in [6.07, 6.45) is 0. The van der Waals surface area contributed by atoms with Gasteiger partial charge in [-0.1, -0.05) is 48.8 Å². The van der Waals surface area contributed by atoms with E-state index in [9.17, 15) is 0 Å². The first-order chi connectivity index (χ1) is 7.69. The van der Waals surface area contributed by atoms with Gasteiger partial charge in [0, 0.05) is 13.2 Å². The van der Waals surface area contributed by atoms with Crippen molar-refractivity contribution in [1.82, 2.24) is 0 Å². The lowest BCUT2D eigenvalue weighted by Gasteiger charge is -2.04. The van der Waals surface area contributed by atoms with E-state index in [1.807, 2.05) is 0 Å². The van der Waals surface area contributed by atoms with Crippen molar-refractivity contribution in [3.63, 3.8) is 0 Å². The molecule has 0 fully saturated rings. The van der Waals surface area contributed by atoms with Crippen LogP contribution in [0.2, 0.25) is 21.1 Å². The third-order valence-corrected chi connectivity index (χ3v) is 7.88. The topological polar surface area (TPSA) is 18.5 Å². The van der Waals surface area contributed by atoms with Gasteiger partial charge in [0.25, 0.3) is 0 Å². The molecule has 0 spiro atoms. The maximum Gasteiger partial charge on any atom is 0.460 e. The fourth-order valence-electron chi connectivity index (χ4n) is 1.52. The van der Waals surface area contributed by atoms with Crippen molar-refractivity contribution < 1.29 is 7.58 Å². The van der Waals surface area contributed by atoms with Gasteiger partial charge in [0.15, 0.2) is 0 Å². The van der Waals surface area contributed by atoms with Crippen molar-refractivity contribution in [1.29, 1.82) is 0 Å². The minimum atomic E-state index is -0.692. The molecule has 2 nitrogen and oxygen atoms in total. The fraction of sp³-hybridized carbons (Fsp3) is 1.00. The average Bonchev–Trinajstić information content (AvgIpc) is 2.33. The van der Waals surface area contributed by atoms with Gasteiger partial charge in [0.05, 0.1) is 0 Å². The van der Waals surface area contributed by atoms with Gasteiger partial charge in [-0.05, 0) is 13.8 Å². The molecule has 16 heavy (non-hydrogen) atoms. The molecule has 0 atom stereocenters. The standard InChI is InChI=1S/2C2H5O.4C2H5.2Al/c2*1-2-3;4*1-2;;/h2*2H2,1H3;4*1H2,2H3;;/q2*-1;;;;;2*+1. The van der Waals surface area contributed by atoms with Gasteiger partial charge in [-0.25, -0.2) is 0 Å². The van der Waals surface area contributed by atoms with Crippen LogP contribution in [0.3, 0.4) is 0 Å². The Labute approximate surface area is 112 Å². The lowest BCUT2D eigenvalue weighted by Crippen LogP contribution is -2.14. The number of hydrogen-bond donors (Lipinski definition) is 0. The van der Waals surface area contributed by atoms with Crippen molar-refractivity contribution in [3.8, 4) is 0 Å². The molecule has 0 N–H and O–H groups in total. The zero-order chi connectivity index (χ0) is 12.8. The summed E-state index contributed by atoms with van der Waals surface area (Å²) in [7, 11) is 0. The molecule has 0 aromatic heterocycles. The fourth-order valence-corrected chi connectivity index (χ4v) is 4.56.